The number of rotatable bonds is 5. The van der Waals surface area contributed by atoms with Crippen LogP contribution in [0.15, 0.2) is 12.7 Å². The minimum Gasteiger partial charge on any atom is -0.392 e. The normalized spacial score (nSPS) is 39.6. The Kier molecular flexibility index (Phi) is 5.46. The molecule has 16 heavy (non-hydrogen) atoms. The van der Waals surface area contributed by atoms with E-state index in [2.05, 4.69) is 13.5 Å². The molecule has 0 aromatic rings. The molecule has 3 heteroatoms. The second-order valence-electron chi connectivity index (χ2n) is 4.61. The van der Waals surface area contributed by atoms with E-state index >= 15 is 0 Å². The van der Waals surface area contributed by atoms with Gasteiger partial charge in [0.25, 0.3) is 0 Å². The maximum Gasteiger partial charge on any atom is 0.0688 e. The maximum atomic E-state index is 10.3. The summed E-state index contributed by atoms with van der Waals surface area (Å²) < 4.78 is 11.2. The van der Waals surface area contributed by atoms with Crippen molar-refractivity contribution < 1.29 is 14.6 Å². The van der Waals surface area contributed by atoms with Crippen LogP contribution >= 0.6 is 0 Å². The summed E-state index contributed by atoms with van der Waals surface area (Å²) in [6.45, 7) is 8.42. The molecule has 3 nitrogen and oxygen atoms in total. The van der Waals surface area contributed by atoms with Crippen LogP contribution in [-0.2, 0) is 9.47 Å². The molecule has 0 radical (unpaired) electrons. The summed E-state index contributed by atoms with van der Waals surface area (Å²) in [7, 11) is 1.66. The molecular formula is C13H24O3. The zero-order valence-electron chi connectivity index (χ0n) is 10.6. The van der Waals surface area contributed by atoms with E-state index in [-0.39, 0.29) is 30.1 Å². The van der Waals surface area contributed by atoms with Crippen molar-refractivity contribution in [2.45, 2.75) is 45.0 Å². The second-order valence-corrected chi connectivity index (χ2v) is 4.61. The quantitative estimate of drug-likeness (QED) is 0.731. The summed E-state index contributed by atoms with van der Waals surface area (Å²) >= 11 is 0. The molecule has 5 unspecified atom stereocenters. The topological polar surface area (TPSA) is 38.7 Å². The molecule has 94 valence electrons. The summed E-state index contributed by atoms with van der Waals surface area (Å²) in [5, 5.41) is 10.3. The van der Waals surface area contributed by atoms with Crippen molar-refractivity contribution in [3.8, 4) is 0 Å². The van der Waals surface area contributed by atoms with Crippen LogP contribution in [0.5, 0.6) is 0 Å². The van der Waals surface area contributed by atoms with E-state index in [9.17, 15) is 5.11 Å². The number of hydrogen-bond donors (Lipinski definition) is 1. The first-order valence-electron chi connectivity index (χ1n) is 6.09. The van der Waals surface area contributed by atoms with Gasteiger partial charge in [-0.2, -0.15) is 0 Å². The molecule has 1 N–H and O–H groups in total. The van der Waals surface area contributed by atoms with Crippen LogP contribution in [0.4, 0.5) is 0 Å². The van der Waals surface area contributed by atoms with Crippen molar-refractivity contribution in [2.75, 3.05) is 13.7 Å². The van der Waals surface area contributed by atoms with Gasteiger partial charge in [-0.05, 0) is 12.8 Å². The van der Waals surface area contributed by atoms with E-state index < -0.39 is 0 Å². The van der Waals surface area contributed by atoms with E-state index in [0.29, 0.717) is 6.61 Å². The van der Waals surface area contributed by atoms with Crippen LogP contribution in [0.3, 0.4) is 0 Å². The van der Waals surface area contributed by atoms with Crippen LogP contribution in [0.1, 0.15) is 26.7 Å². The molecule has 0 aromatic carbocycles. The Hall–Kier alpha value is -0.380. The lowest BCUT2D eigenvalue weighted by molar-refractivity contribution is -0.178. The van der Waals surface area contributed by atoms with Gasteiger partial charge in [-0.15, -0.1) is 6.58 Å². The largest absolute Gasteiger partial charge is 0.392 e. The zero-order valence-corrected chi connectivity index (χ0v) is 10.6. The minimum absolute atomic E-state index is 0.0357. The Balaban J connectivity index is 2.74. The van der Waals surface area contributed by atoms with Crippen molar-refractivity contribution in [1.29, 1.82) is 0 Å². The number of aliphatic hydroxyl groups excluding tert-OH is 1. The smallest absolute Gasteiger partial charge is 0.0688 e. The molecule has 1 fully saturated rings. The van der Waals surface area contributed by atoms with Crippen molar-refractivity contribution in [1.82, 2.24) is 0 Å². The zero-order chi connectivity index (χ0) is 12.1. The van der Waals surface area contributed by atoms with Crippen LogP contribution in [0.2, 0.25) is 0 Å². The van der Waals surface area contributed by atoms with Gasteiger partial charge in [-0.1, -0.05) is 19.9 Å². The Labute approximate surface area is 98.4 Å². The van der Waals surface area contributed by atoms with Gasteiger partial charge in [0.1, 0.15) is 0 Å². The Morgan fingerprint density at radius 2 is 2.12 bits per heavy atom. The van der Waals surface area contributed by atoms with Crippen LogP contribution in [0.25, 0.3) is 0 Å². The standard InChI is InChI=1S/C13H24O3/c1-5-7-12-10(8-15-4)13(14)9(3)11(6-2)16-12/h5,9-14H,1,6-8H2,2-4H3. The molecule has 0 aromatic heterocycles. The van der Waals surface area contributed by atoms with Gasteiger partial charge < -0.3 is 14.6 Å². The molecule has 0 spiro atoms. The molecule has 5 atom stereocenters. The summed E-state index contributed by atoms with van der Waals surface area (Å²) in [6, 6.07) is 0. The number of ether oxygens (including phenoxy) is 2. The molecule has 0 saturated carbocycles. The fourth-order valence-corrected chi connectivity index (χ4v) is 2.54. The summed E-state index contributed by atoms with van der Waals surface area (Å²) in [4.78, 5) is 0. The average molecular weight is 228 g/mol. The van der Waals surface area contributed by atoms with Crippen LogP contribution in [0, 0.1) is 11.8 Å². The third-order valence-corrected chi connectivity index (χ3v) is 3.55. The highest BCUT2D eigenvalue weighted by Gasteiger charge is 2.41. The first-order chi connectivity index (χ1) is 7.65. The predicted molar refractivity (Wildman–Crippen MR) is 64.3 cm³/mol. The van der Waals surface area contributed by atoms with E-state index in [4.69, 9.17) is 9.47 Å². The highest BCUT2D eigenvalue weighted by atomic mass is 16.5. The molecule has 1 saturated heterocycles. The minimum atomic E-state index is -0.344. The number of hydrogen-bond acceptors (Lipinski definition) is 3. The molecule has 0 amide bonds. The Bertz CT molecular complexity index is 217. The van der Waals surface area contributed by atoms with Gasteiger partial charge >= 0.3 is 0 Å². The fourth-order valence-electron chi connectivity index (χ4n) is 2.54. The van der Waals surface area contributed by atoms with E-state index in [1.807, 2.05) is 13.0 Å². The van der Waals surface area contributed by atoms with Gasteiger partial charge in [-0.25, -0.2) is 0 Å². The molecular weight excluding hydrogens is 204 g/mol. The molecule has 1 heterocycles. The Morgan fingerprint density at radius 1 is 1.44 bits per heavy atom. The number of aliphatic hydroxyl groups is 1. The molecule has 1 aliphatic rings. The lowest BCUT2D eigenvalue weighted by Crippen LogP contribution is -2.51. The first kappa shape index (κ1) is 13.7. The summed E-state index contributed by atoms with van der Waals surface area (Å²) in [5.41, 5.74) is 0. The van der Waals surface area contributed by atoms with E-state index in [1.54, 1.807) is 7.11 Å². The van der Waals surface area contributed by atoms with Crippen molar-refractivity contribution in [2.24, 2.45) is 11.8 Å². The maximum absolute atomic E-state index is 10.3. The van der Waals surface area contributed by atoms with Gasteiger partial charge in [-0.3, -0.25) is 0 Å². The second kappa shape index (κ2) is 6.38. The van der Waals surface area contributed by atoms with E-state index in [1.165, 1.54) is 0 Å². The van der Waals surface area contributed by atoms with Gasteiger partial charge in [0, 0.05) is 18.9 Å². The molecule has 0 aliphatic carbocycles. The van der Waals surface area contributed by atoms with Gasteiger partial charge in [0.2, 0.25) is 0 Å². The summed E-state index contributed by atoms with van der Waals surface area (Å²) in [6.07, 6.45) is 3.40. The lowest BCUT2D eigenvalue weighted by atomic mass is 9.80. The van der Waals surface area contributed by atoms with Gasteiger partial charge in [0.15, 0.2) is 0 Å². The van der Waals surface area contributed by atoms with Crippen LogP contribution < -0.4 is 0 Å². The highest BCUT2D eigenvalue weighted by Crippen LogP contribution is 2.33. The molecule has 1 rings (SSSR count). The monoisotopic (exact) mass is 228 g/mol. The van der Waals surface area contributed by atoms with Crippen molar-refractivity contribution in [3.63, 3.8) is 0 Å². The molecule has 1 aliphatic heterocycles. The van der Waals surface area contributed by atoms with Crippen LogP contribution in [-0.4, -0.2) is 37.1 Å². The highest BCUT2D eigenvalue weighted by molar-refractivity contribution is 4.92. The SMILES string of the molecule is C=CCC1OC(CC)C(C)C(O)C1COC. The predicted octanol–water partition coefficient (Wildman–Crippen LogP) is 2.00. The molecule has 0 bridgehead atoms. The van der Waals surface area contributed by atoms with E-state index in [0.717, 1.165) is 12.8 Å². The number of methoxy groups -OCH3 is 1. The summed E-state index contributed by atoms with van der Waals surface area (Å²) in [5.74, 6) is 0.229. The van der Waals surface area contributed by atoms with Crippen molar-refractivity contribution >= 4 is 0 Å². The van der Waals surface area contributed by atoms with Gasteiger partial charge in [0.05, 0.1) is 24.9 Å². The third kappa shape index (κ3) is 2.84. The lowest BCUT2D eigenvalue weighted by Gasteiger charge is -2.43. The Morgan fingerprint density at radius 3 is 2.62 bits per heavy atom. The first-order valence-corrected chi connectivity index (χ1v) is 6.09. The fraction of sp³-hybridized carbons (Fsp3) is 0.846. The third-order valence-electron chi connectivity index (χ3n) is 3.55. The van der Waals surface area contributed by atoms with Crippen molar-refractivity contribution in [3.05, 3.63) is 12.7 Å². The average Bonchev–Trinajstić information content (AvgIpc) is 2.28.